The van der Waals surface area contributed by atoms with Gasteiger partial charge in [0.2, 0.25) is 0 Å². The van der Waals surface area contributed by atoms with Crippen LogP contribution in [0.3, 0.4) is 0 Å². The molecular weight excluding hydrogens is 220 g/mol. The van der Waals surface area contributed by atoms with Crippen LogP contribution >= 0.6 is 0 Å². The monoisotopic (exact) mass is 246 g/mol. The number of carbonyl (C=O) groups excluding carboxylic acids is 1. The molecule has 17 heavy (non-hydrogen) atoms. The number of unbranched alkanes of at least 4 members (excludes halogenated alkanes) is 1. The molecule has 1 unspecified atom stereocenters. The highest BCUT2D eigenvalue weighted by Gasteiger charge is 2.24. The van der Waals surface area contributed by atoms with Crippen LogP contribution in [0.25, 0.3) is 0 Å². The third kappa shape index (κ3) is 9.12. The summed E-state index contributed by atoms with van der Waals surface area (Å²) < 4.78 is 16.0. The highest BCUT2D eigenvalue weighted by Crippen LogP contribution is 2.19. The predicted octanol–water partition coefficient (Wildman–Crippen LogP) is 2.55. The number of ether oxygens (including phenoxy) is 3. The number of hydrogen-bond acceptors (Lipinski definition) is 4. The first-order valence-electron chi connectivity index (χ1n) is 6.39. The quantitative estimate of drug-likeness (QED) is 0.439. The third-order valence-electron chi connectivity index (χ3n) is 2.49. The second kappa shape index (κ2) is 9.42. The van der Waals surface area contributed by atoms with Crippen LogP contribution in [0.2, 0.25) is 0 Å². The lowest BCUT2D eigenvalue weighted by Gasteiger charge is -2.29. The van der Waals surface area contributed by atoms with Crippen molar-refractivity contribution in [1.82, 2.24) is 0 Å². The fourth-order valence-corrected chi connectivity index (χ4v) is 1.62. The van der Waals surface area contributed by atoms with Crippen molar-refractivity contribution in [3.05, 3.63) is 0 Å². The molecule has 0 N–H and O–H groups in total. The van der Waals surface area contributed by atoms with Crippen LogP contribution < -0.4 is 0 Å². The van der Waals surface area contributed by atoms with E-state index >= 15 is 0 Å². The molecule has 0 rings (SSSR count). The number of carbonyl (C=O) groups is 1. The Kier molecular flexibility index (Phi) is 9.09. The lowest BCUT2D eigenvalue weighted by molar-refractivity contribution is -0.144. The molecule has 0 aromatic carbocycles. The van der Waals surface area contributed by atoms with Crippen molar-refractivity contribution in [2.24, 2.45) is 0 Å². The summed E-state index contributed by atoms with van der Waals surface area (Å²) in [4.78, 5) is 10.5. The second-order valence-electron chi connectivity index (χ2n) is 4.38. The van der Waals surface area contributed by atoms with Crippen molar-refractivity contribution in [3.63, 3.8) is 0 Å². The molecule has 4 nitrogen and oxygen atoms in total. The lowest BCUT2D eigenvalue weighted by atomic mass is 10.00. The summed E-state index contributed by atoms with van der Waals surface area (Å²) in [5, 5.41) is 0. The molecule has 0 aliphatic carbocycles. The molecule has 1 atom stereocenters. The van der Waals surface area contributed by atoms with Gasteiger partial charge in [-0.05, 0) is 20.3 Å². The Morgan fingerprint density at radius 2 is 1.94 bits per heavy atom. The van der Waals surface area contributed by atoms with Crippen molar-refractivity contribution in [2.75, 3.05) is 26.4 Å². The fraction of sp³-hybridized carbons (Fsp3) is 0.923. The van der Waals surface area contributed by atoms with E-state index in [1.807, 2.05) is 6.92 Å². The van der Waals surface area contributed by atoms with Gasteiger partial charge in [0, 0.05) is 13.5 Å². The maximum Gasteiger partial charge on any atom is 0.302 e. The molecule has 0 spiro atoms. The molecule has 0 heterocycles. The Labute approximate surface area is 105 Å². The molecule has 4 heteroatoms. The van der Waals surface area contributed by atoms with E-state index in [0.29, 0.717) is 26.4 Å². The van der Waals surface area contributed by atoms with Crippen molar-refractivity contribution >= 4 is 5.97 Å². The van der Waals surface area contributed by atoms with E-state index in [1.165, 1.54) is 6.92 Å². The van der Waals surface area contributed by atoms with Gasteiger partial charge in [-0.1, -0.05) is 19.8 Å². The van der Waals surface area contributed by atoms with Gasteiger partial charge in [-0.25, -0.2) is 0 Å². The molecule has 102 valence electrons. The minimum Gasteiger partial charge on any atom is -0.463 e. The van der Waals surface area contributed by atoms with Crippen LogP contribution in [0.1, 0.15) is 47.0 Å². The van der Waals surface area contributed by atoms with Gasteiger partial charge in [0.15, 0.2) is 0 Å². The first-order valence-corrected chi connectivity index (χ1v) is 6.39. The first-order chi connectivity index (χ1) is 8.04. The Balaban J connectivity index is 3.79. The van der Waals surface area contributed by atoms with Gasteiger partial charge in [-0.3, -0.25) is 4.79 Å². The maximum atomic E-state index is 10.5. The highest BCUT2D eigenvalue weighted by atomic mass is 16.6. The minimum absolute atomic E-state index is 0.221. The zero-order valence-electron chi connectivity index (χ0n) is 11.6. The Bertz CT molecular complexity index is 206. The van der Waals surface area contributed by atoms with Crippen LogP contribution in [-0.2, 0) is 19.0 Å². The van der Waals surface area contributed by atoms with Crippen LogP contribution in [-0.4, -0.2) is 38.0 Å². The molecule has 0 amide bonds. The molecular formula is C13H26O4. The van der Waals surface area contributed by atoms with E-state index < -0.39 is 0 Å². The molecule has 0 fully saturated rings. The summed E-state index contributed by atoms with van der Waals surface area (Å²) in [6, 6.07) is 0. The van der Waals surface area contributed by atoms with Gasteiger partial charge in [0.25, 0.3) is 0 Å². The van der Waals surface area contributed by atoms with E-state index in [4.69, 9.17) is 14.2 Å². The smallest absolute Gasteiger partial charge is 0.302 e. The summed E-state index contributed by atoms with van der Waals surface area (Å²) in [7, 11) is 0. The predicted molar refractivity (Wildman–Crippen MR) is 67.0 cm³/mol. The zero-order chi connectivity index (χ0) is 13.1. The largest absolute Gasteiger partial charge is 0.463 e. The van der Waals surface area contributed by atoms with Crippen molar-refractivity contribution in [3.8, 4) is 0 Å². The van der Waals surface area contributed by atoms with E-state index in [9.17, 15) is 4.79 Å². The summed E-state index contributed by atoms with van der Waals surface area (Å²) >= 11 is 0. The number of esters is 1. The maximum absolute atomic E-state index is 10.5. The summed E-state index contributed by atoms with van der Waals surface area (Å²) in [5.74, 6) is -0.271. The molecule has 0 aliphatic heterocycles. The van der Waals surface area contributed by atoms with Crippen LogP contribution in [0, 0.1) is 0 Å². The van der Waals surface area contributed by atoms with Gasteiger partial charge < -0.3 is 14.2 Å². The normalized spacial score (nSPS) is 14.4. The van der Waals surface area contributed by atoms with Crippen LogP contribution in [0.15, 0.2) is 0 Å². The van der Waals surface area contributed by atoms with E-state index in [0.717, 1.165) is 19.3 Å². The summed E-state index contributed by atoms with van der Waals surface area (Å²) in [6.07, 6.45) is 3.27. The average Bonchev–Trinajstić information content (AvgIpc) is 2.26. The van der Waals surface area contributed by atoms with E-state index in [1.54, 1.807) is 0 Å². The van der Waals surface area contributed by atoms with Gasteiger partial charge >= 0.3 is 5.97 Å². The van der Waals surface area contributed by atoms with Gasteiger partial charge in [0.05, 0.1) is 18.8 Å². The minimum atomic E-state index is -0.271. The molecule has 0 bridgehead atoms. The van der Waals surface area contributed by atoms with E-state index in [2.05, 4.69) is 13.8 Å². The summed E-state index contributed by atoms with van der Waals surface area (Å²) in [6.45, 7) is 9.58. The van der Waals surface area contributed by atoms with Crippen LogP contribution in [0.4, 0.5) is 0 Å². The Hall–Kier alpha value is -0.610. The SMILES string of the molecule is CCCCC(C)(COCCOC(C)=O)OCC. The molecule has 0 aromatic rings. The fourth-order valence-electron chi connectivity index (χ4n) is 1.62. The number of hydrogen-bond donors (Lipinski definition) is 0. The van der Waals surface area contributed by atoms with Gasteiger partial charge in [-0.2, -0.15) is 0 Å². The molecule has 0 saturated carbocycles. The molecule has 0 saturated heterocycles. The Morgan fingerprint density at radius 1 is 1.24 bits per heavy atom. The molecule has 0 aliphatic rings. The standard InChI is InChI=1S/C13H26O4/c1-5-7-8-13(4,17-6-2)11-15-9-10-16-12(3)14/h5-11H2,1-4H3. The number of rotatable bonds is 10. The lowest BCUT2D eigenvalue weighted by Crippen LogP contribution is -2.35. The van der Waals surface area contributed by atoms with Crippen molar-refractivity contribution < 1.29 is 19.0 Å². The summed E-state index contributed by atoms with van der Waals surface area (Å²) in [5.41, 5.74) is -0.221. The van der Waals surface area contributed by atoms with Crippen LogP contribution in [0.5, 0.6) is 0 Å². The Morgan fingerprint density at radius 3 is 2.47 bits per heavy atom. The van der Waals surface area contributed by atoms with E-state index in [-0.39, 0.29) is 11.6 Å². The molecule has 0 radical (unpaired) electrons. The second-order valence-corrected chi connectivity index (χ2v) is 4.38. The average molecular weight is 246 g/mol. The van der Waals surface area contributed by atoms with Crippen molar-refractivity contribution in [2.45, 2.75) is 52.6 Å². The molecule has 0 aromatic heterocycles. The first kappa shape index (κ1) is 16.4. The third-order valence-corrected chi connectivity index (χ3v) is 2.49. The van der Waals surface area contributed by atoms with Gasteiger partial charge in [-0.15, -0.1) is 0 Å². The highest BCUT2D eigenvalue weighted by molar-refractivity contribution is 5.65. The van der Waals surface area contributed by atoms with Gasteiger partial charge in [0.1, 0.15) is 6.61 Å². The zero-order valence-corrected chi connectivity index (χ0v) is 11.6. The van der Waals surface area contributed by atoms with Crippen molar-refractivity contribution in [1.29, 1.82) is 0 Å². The topological polar surface area (TPSA) is 44.8 Å².